The van der Waals surface area contributed by atoms with Crippen molar-refractivity contribution in [1.29, 1.82) is 0 Å². The third-order valence-electron chi connectivity index (χ3n) is 3.26. The van der Waals surface area contributed by atoms with E-state index in [-0.39, 0.29) is 16.3 Å². The monoisotopic (exact) mass is 362 g/mol. The fourth-order valence-electron chi connectivity index (χ4n) is 2.18. The van der Waals surface area contributed by atoms with E-state index in [2.05, 4.69) is 4.98 Å². The van der Waals surface area contributed by atoms with Crippen molar-refractivity contribution >= 4 is 45.8 Å². The Morgan fingerprint density at radius 3 is 2.71 bits per heavy atom. The second-order valence-corrected chi connectivity index (χ2v) is 5.60. The molecule has 6 nitrogen and oxygen atoms in total. The minimum Gasteiger partial charge on any atom is -0.420 e. The molecular formula is C16H8Cl2N2O4. The number of rotatable bonds is 3. The molecule has 0 unspecified atom stereocenters. The van der Waals surface area contributed by atoms with Crippen LogP contribution in [-0.4, -0.2) is 15.9 Å². The van der Waals surface area contributed by atoms with Gasteiger partial charge < -0.3 is 4.74 Å². The molecule has 8 heteroatoms. The van der Waals surface area contributed by atoms with Gasteiger partial charge in [0.2, 0.25) is 0 Å². The topological polar surface area (TPSA) is 82.3 Å². The summed E-state index contributed by atoms with van der Waals surface area (Å²) in [5.41, 5.74) is -0.253. The molecule has 3 aromatic rings. The highest BCUT2D eigenvalue weighted by Crippen LogP contribution is 2.31. The molecular weight excluding hydrogens is 355 g/mol. The third kappa shape index (κ3) is 3.02. The molecule has 2 aromatic carbocycles. The highest BCUT2D eigenvalue weighted by atomic mass is 35.5. The Hall–Kier alpha value is -2.70. The van der Waals surface area contributed by atoms with Crippen molar-refractivity contribution in [2.45, 2.75) is 0 Å². The maximum atomic E-state index is 12.3. The third-order valence-corrected chi connectivity index (χ3v) is 3.82. The number of halogens is 2. The van der Waals surface area contributed by atoms with Crippen molar-refractivity contribution in [2.75, 3.05) is 0 Å². The van der Waals surface area contributed by atoms with Crippen LogP contribution >= 0.6 is 23.2 Å². The molecule has 1 aromatic heterocycles. The molecule has 0 saturated heterocycles. The quantitative estimate of drug-likeness (QED) is 0.292. The summed E-state index contributed by atoms with van der Waals surface area (Å²) in [6.07, 6.45) is 1.53. The molecule has 24 heavy (non-hydrogen) atoms. The summed E-state index contributed by atoms with van der Waals surface area (Å²) in [5, 5.41) is 12.3. The second-order valence-electron chi connectivity index (χ2n) is 4.75. The van der Waals surface area contributed by atoms with Gasteiger partial charge in [0, 0.05) is 22.7 Å². The lowest BCUT2D eigenvalue weighted by molar-refractivity contribution is -0.385. The first-order chi connectivity index (χ1) is 11.5. The smallest absolute Gasteiger partial charge is 0.350 e. The molecule has 0 N–H and O–H groups in total. The van der Waals surface area contributed by atoms with Crippen LogP contribution in [0, 0.1) is 10.1 Å². The number of nitrogens with zero attached hydrogens (tertiary/aromatic N) is 2. The summed E-state index contributed by atoms with van der Waals surface area (Å²) in [4.78, 5) is 26.9. The van der Waals surface area contributed by atoms with Gasteiger partial charge in [-0.25, -0.2) is 4.79 Å². The van der Waals surface area contributed by atoms with Crippen LogP contribution in [0.1, 0.15) is 10.4 Å². The van der Waals surface area contributed by atoms with Crippen LogP contribution in [-0.2, 0) is 0 Å². The Bertz CT molecular complexity index is 975. The average Bonchev–Trinajstić information content (AvgIpc) is 2.57. The molecule has 0 aliphatic rings. The first kappa shape index (κ1) is 16.2. The number of benzene rings is 2. The number of hydrogen-bond acceptors (Lipinski definition) is 5. The SMILES string of the molecule is O=C(Oc1ccc(Cl)c2cccnc12)c1ccc(Cl)cc1[N+](=O)[O-]. The van der Waals surface area contributed by atoms with Crippen LogP contribution in [0.2, 0.25) is 10.0 Å². The molecule has 0 fully saturated rings. The van der Waals surface area contributed by atoms with Gasteiger partial charge in [-0.1, -0.05) is 23.2 Å². The molecule has 0 aliphatic heterocycles. The Morgan fingerprint density at radius 2 is 1.96 bits per heavy atom. The van der Waals surface area contributed by atoms with Gasteiger partial charge in [0.1, 0.15) is 11.1 Å². The van der Waals surface area contributed by atoms with E-state index < -0.39 is 16.6 Å². The highest BCUT2D eigenvalue weighted by Gasteiger charge is 2.23. The number of nitro benzene ring substituents is 1. The van der Waals surface area contributed by atoms with Gasteiger partial charge in [0.05, 0.1) is 9.95 Å². The standard InChI is InChI=1S/C16H8Cl2N2O4/c17-9-3-4-11(13(8-9)20(22)23)16(21)24-14-6-5-12(18)10-2-1-7-19-15(10)14/h1-8H. The molecule has 0 amide bonds. The number of hydrogen-bond donors (Lipinski definition) is 0. The van der Waals surface area contributed by atoms with Gasteiger partial charge in [0.25, 0.3) is 5.69 Å². The molecule has 0 radical (unpaired) electrons. The number of carbonyl (C=O) groups is 1. The van der Waals surface area contributed by atoms with E-state index in [0.29, 0.717) is 15.9 Å². The lowest BCUT2D eigenvalue weighted by Gasteiger charge is -2.08. The number of ether oxygens (including phenoxy) is 1. The van der Waals surface area contributed by atoms with Gasteiger partial charge in [-0.3, -0.25) is 15.1 Å². The van der Waals surface area contributed by atoms with E-state index in [1.165, 1.54) is 24.4 Å². The Kier molecular flexibility index (Phi) is 4.33. The maximum absolute atomic E-state index is 12.3. The van der Waals surface area contributed by atoms with Crippen molar-refractivity contribution in [3.8, 4) is 5.75 Å². The van der Waals surface area contributed by atoms with Crippen LogP contribution in [0.25, 0.3) is 10.9 Å². The summed E-state index contributed by atoms with van der Waals surface area (Å²) in [5.74, 6) is -0.725. The maximum Gasteiger partial charge on any atom is 0.350 e. The zero-order valence-electron chi connectivity index (χ0n) is 11.9. The lowest BCUT2D eigenvalue weighted by atomic mass is 10.1. The van der Waals surface area contributed by atoms with Crippen LogP contribution in [0.5, 0.6) is 5.75 Å². The number of nitro groups is 1. The fraction of sp³-hybridized carbons (Fsp3) is 0. The molecule has 3 rings (SSSR count). The van der Waals surface area contributed by atoms with E-state index in [4.69, 9.17) is 27.9 Å². The number of carbonyl (C=O) groups excluding carboxylic acids is 1. The van der Waals surface area contributed by atoms with E-state index in [9.17, 15) is 14.9 Å². The van der Waals surface area contributed by atoms with Crippen molar-refractivity contribution in [3.05, 3.63) is 74.4 Å². The van der Waals surface area contributed by atoms with Crippen molar-refractivity contribution < 1.29 is 14.5 Å². The van der Waals surface area contributed by atoms with E-state index >= 15 is 0 Å². The summed E-state index contributed by atoms with van der Waals surface area (Å²) < 4.78 is 5.29. The summed E-state index contributed by atoms with van der Waals surface area (Å²) in [7, 11) is 0. The van der Waals surface area contributed by atoms with E-state index in [1.807, 2.05) is 0 Å². The first-order valence-electron chi connectivity index (χ1n) is 6.66. The largest absolute Gasteiger partial charge is 0.420 e. The molecule has 120 valence electrons. The van der Waals surface area contributed by atoms with E-state index in [0.717, 1.165) is 6.07 Å². The molecule has 0 saturated carbocycles. The van der Waals surface area contributed by atoms with Crippen LogP contribution in [0.3, 0.4) is 0 Å². The Morgan fingerprint density at radius 1 is 1.17 bits per heavy atom. The lowest BCUT2D eigenvalue weighted by Crippen LogP contribution is -2.11. The van der Waals surface area contributed by atoms with Crippen molar-refractivity contribution in [1.82, 2.24) is 4.98 Å². The van der Waals surface area contributed by atoms with Crippen LogP contribution in [0.4, 0.5) is 5.69 Å². The van der Waals surface area contributed by atoms with Crippen LogP contribution < -0.4 is 4.74 Å². The van der Waals surface area contributed by atoms with Gasteiger partial charge in [-0.15, -0.1) is 0 Å². The molecule has 0 bridgehead atoms. The van der Waals surface area contributed by atoms with Gasteiger partial charge in [-0.2, -0.15) is 0 Å². The zero-order valence-corrected chi connectivity index (χ0v) is 13.4. The Labute approximate surface area is 145 Å². The molecule has 1 heterocycles. The Balaban J connectivity index is 2.03. The van der Waals surface area contributed by atoms with Crippen molar-refractivity contribution in [2.24, 2.45) is 0 Å². The van der Waals surface area contributed by atoms with Gasteiger partial charge >= 0.3 is 5.97 Å². The average molecular weight is 363 g/mol. The van der Waals surface area contributed by atoms with Gasteiger partial charge in [-0.05, 0) is 36.4 Å². The second kappa shape index (κ2) is 6.43. The fourth-order valence-corrected chi connectivity index (χ4v) is 2.56. The molecule has 0 aliphatic carbocycles. The van der Waals surface area contributed by atoms with Gasteiger partial charge in [0.15, 0.2) is 5.75 Å². The summed E-state index contributed by atoms with van der Waals surface area (Å²) in [6, 6.07) is 10.2. The predicted molar refractivity (Wildman–Crippen MR) is 89.8 cm³/mol. The van der Waals surface area contributed by atoms with Crippen LogP contribution in [0.15, 0.2) is 48.7 Å². The van der Waals surface area contributed by atoms with E-state index in [1.54, 1.807) is 18.2 Å². The predicted octanol–water partition coefficient (Wildman–Crippen LogP) is 4.67. The summed E-state index contributed by atoms with van der Waals surface area (Å²) >= 11 is 11.8. The number of fused-ring (bicyclic) bond motifs is 1. The molecule has 0 spiro atoms. The minimum absolute atomic E-state index is 0.150. The first-order valence-corrected chi connectivity index (χ1v) is 7.42. The normalized spacial score (nSPS) is 10.6. The minimum atomic E-state index is -0.882. The number of pyridine rings is 1. The highest BCUT2D eigenvalue weighted by molar-refractivity contribution is 6.35. The summed E-state index contributed by atoms with van der Waals surface area (Å²) in [6.45, 7) is 0. The number of esters is 1. The number of aromatic nitrogens is 1. The molecule has 0 atom stereocenters. The zero-order chi connectivity index (χ0) is 17.3. The van der Waals surface area contributed by atoms with Crippen molar-refractivity contribution in [3.63, 3.8) is 0 Å².